The Morgan fingerprint density at radius 1 is 1.02 bits per heavy atom. The number of hydrogen-bond donors (Lipinski definition) is 4. The van der Waals surface area contributed by atoms with Crippen LogP contribution in [0, 0.1) is 46.3 Å². The van der Waals surface area contributed by atoms with Gasteiger partial charge in [-0.1, -0.05) is 19.9 Å². The van der Waals surface area contributed by atoms with Crippen LogP contribution in [0.5, 0.6) is 0 Å². The van der Waals surface area contributed by atoms with E-state index >= 15 is 0 Å². The summed E-state index contributed by atoms with van der Waals surface area (Å²) in [6.07, 6.45) is 2.03. The van der Waals surface area contributed by atoms with Gasteiger partial charge >= 0.3 is 17.9 Å². The maximum absolute atomic E-state index is 13.9. The molecule has 0 aromatic rings. The molecule has 2 heterocycles. The first-order chi connectivity index (χ1) is 22.1. The molecular formula is C36H42O11. The number of hydrogen-bond acceptors (Lipinski definition) is 11. The fourth-order valence-electron chi connectivity index (χ4n) is 12.7. The van der Waals surface area contributed by atoms with Gasteiger partial charge in [0.2, 0.25) is 0 Å². The van der Waals surface area contributed by atoms with E-state index in [-0.39, 0.29) is 59.8 Å². The molecule has 11 heteroatoms. The minimum Gasteiger partial charge on any atom is -0.459 e. The van der Waals surface area contributed by atoms with Crippen molar-refractivity contribution in [2.75, 3.05) is 20.3 Å². The Morgan fingerprint density at radius 2 is 1.72 bits per heavy atom. The van der Waals surface area contributed by atoms with Crippen LogP contribution in [0.4, 0.5) is 0 Å². The topological polar surface area (TPSA) is 169 Å². The first-order valence-electron chi connectivity index (χ1n) is 16.8. The molecular weight excluding hydrogens is 608 g/mol. The summed E-state index contributed by atoms with van der Waals surface area (Å²) >= 11 is 0. The number of esters is 3. The molecule has 0 aromatic carbocycles. The van der Waals surface area contributed by atoms with E-state index in [1.54, 1.807) is 26.8 Å². The Labute approximate surface area is 272 Å². The molecule has 2 aliphatic heterocycles. The molecule has 0 amide bonds. The Balaban J connectivity index is 1.31. The standard InChI is InChI=1S/C36H42O11/c1-7-14(2)27(38)45-13-34(43)21-8-18(21)31(4)22(34)10-17-16(12-37)29(40)46-35(17)23(31)11-33(42)20-9-19(20)32(5)26(33)25(35)24-15(3)28(39)47-36(24,44-6)30(32)41/h7,18-23,30,37,41-43H,8-13H2,1-6H3/b14-7-/t18-,19-,20+,21+,22-,23+,30-,31+,32+,33+,34+,35+,36+/m1/s1. The lowest BCUT2D eigenvalue weighted by molar-refractivity contribution is -0.256. The lowest BCUT2D eigenvalue weighted by Crippen LogP contribution is -2.69. The van der Waals surface area contributed by atoms with Gasteiger partial charge in [-0.3, -0.25) is 0 Å². The van der Waals surface area contributed by atoms with Crippen molar-refractivity contribution in [1.82, 2.24) is 0 Å². The molecule has 0 bridgehead atoms. The second-order valence-corrected chi connectivity index (χ2v) is 16.2. The molecule has 5 saturated carbocycles. The molecule has 0 radical (unpaired) electrons. The maximum Gasteiger partial charge on any atom is 0.337 e. The number of aliphatic hydroxyl groups excluding tert-OH is 2. The van der Waals surface area contributed by atoms with E-state index in [1.165, 1.54) is 7.11 Å². The number of fused-ring (bicyclic) bond motifs is 9. The molecule has 9 aliphatic rings. The van der Waals surface area contributed by atoms with Crippen LogP contribution in [0.2, 0.25) is 0 Å². The summed E-state index contributed by atoms with van der Waals surface area (Å²) in [4.78, 5) is 40.1. The predicted molar refractivity (Wildman–Crippen MR) is 160 cm³/mol. The first kappa shape index (κ1) is 30.2. The van der Waals surface area contributed by atoms with Gasteiger partial charge in [0.15, 0.2) is 5.60 Å². The minimum absolute atomic E-state index is 0.0224. The van der Waals surface area contributed by atoms with Crippen molar-refractivity contribution in [2.45, 2.75) is 89.0 Å². The summed E-state index contributed by atoms with van der Waals surface area (Å²) in [6, 6.07) is 0. The van der Waals surface area contributed by atoms with Crippen LogP contribution < -0.4 is 0 Å². The SMILES string of the molecule is C/C=C(/C)C(=O)OC[C@]1(O)[C@H]2C[C@H]2[C@]2(C)[C@@H]3C[C@@]4(O)C5=C(C6=C(C)C(=O)O[C@]6(OC)[C@H](O)[C@@]5(C)[C@@H]5C[C@@H]54)[C@@]34OC(=O)C(CO)=C4C[C@@H]12. The van der Waals surface area contributed by atoms with Crippen LogP contribution in [-0.2, 0) is 33.3 Å². The monoisotopic (exact) mass is 650 g/mol. The quantitative estimate of drug-likeness (QED) is 0.194. The highest BCUT2D eigenvalue weighted by molar-refractivity contribution is 5.98. The van der Waals surface area contributed by atoms with E-state index in [1.807, 2.05) is 6.92 Å². The zero-order valence-corrected chi connectivity index (χ0v) is 27.5. The van der Waals surface area contributed by atoms with Crippen molar-refractivity contribution in [3.63, 3.8) is 0 Å². The van der Waals surface area contributed by atoms with Crippen LogP contribution in [0.15, 0.2) is 45.1 Å². The van der Waals surface area contributed by atoms with E-state index in [0.29, 0.717) is 35.1 Å². The molecule has 47 heavy (non-hydrogen) atoms. The number of ether oxygens (including phenoxy) is 4. The fraction of sp³-hybridized carbons (Fsp3) is 0.694. The van der Waals surface area contributed by atoms with Crippen molar-refractivity contribution < 1.29 is 53.8 Å². The van der Waals surface area contributed by atoms with Crippen molar-refractivity contribution in [2.24, 2.45) is 46.3 Å². The normalized spacial score (nSPS) is 52.6. The highest BCUT2D eigenvalue weighted by Gasteiger charge is 2.87. The Hall–Kier alpha value is -2.83. The van der Waals surface area contributed by atoms with Gasteiger partial charge in [0.1, 0.15) is 18.3 Å². The third kappa shape index (κ3) is 2.89. The Kier molecular flexibility index (Phi) is 5.45. The van der Waals surface area contributed by atoms with Gasteiger partial charge in [-0.25, -0.2) is 14.4 Å². The summed E-state index contributed by atoms with van der Waals surface area (Å²) < 4.78 is 24.3. The Morgan fingerprint density at radius 3 is 2.38 bits per heavy atom. The summed E-state index contributed by atoms with van der Waals surface area (Å²) in [7, 11) is 1.38. The van der Waals surface area contributed by atoms with Crippen LogP contribution in [0.1, 0.15) is 60.3 Å². The molecule has 5 fully saturated rings. The Bertz CT molecular complexity index is 1750. The van der Waals surface area contributed by atoms with Crippen LogP contribution in [0.3, 0.4) is 0 Å². The molecule has 9 rings (SSSR count). The summed E-state index contributed by atoms with van der Waals surface area (Å²) in [5, 5.41) is 48.5. The van der Waals surface area contributed by atoms with Crippen LogP contribution in [0.25, 0.3) is 0 Å². The molecule has 252 valence electrons. The zero-order chi connectivity index (χ0) is 33.6. The van der Waals surface area contributed by atoms with Crippen molar-refractivity contribution >= 4 is 17.9 Å². The summed E-state index contributed by atoms with van der Waals surface area (Å²) in [5.41, 5.74) is -3.58. The highest BCUT2D eigenvalue weighted by atomic mass is 16.7. The molecule has 1 spiro atoms. The molecule has 7 aliphatic carbocycles. The number of methoxy groups -OCH3 is 1. The second-order valence-electron chi connectivity index (χ2n) is 16.2. The van der Waals surface area contributed by atoms with Gasteiger partial charge in [0.05, 0.1) is 17.8 Å². The molecule has 0 unspecified atom stereocenters. The third-order valence-electron chi connectivity index (χ3n) is 14.9. The number of carbonyl (C=O) groups excluding carboxylic acids is 3. The smallest absolute Gasteiger partial charge is 0.337 e. The third-order valence-corrected chi connectivity index (χ3v) is 14.9. The molecule has 0 aromatic heterocycles. The second kappa shape index (κ2) is 8.48. The molecule has 11 nitrogen and oxygen atoms in total. The van der Waals surface area contributed by atoms with Crippen molar-refractivity contribution in [3.8, 4) is 0 Å². The van der Waals surface area contributed by atoms with Gasteiger partial charge < -0.3 is 39.4 Å². The zero-order valence-electron chi connectivity index (χ0n) is 27.5. The van der Waals surface area contributed by atoms with E-state index in [0.717, 1.165) is 0 Å². The van der Waals surface area contributed by atoms with Gasteiger partial charge in [-0.15, -0.1) is 0 Å². The van der Waals surface area contributed by atoms with Crippen LogP contribution >= 0.6 is 0 Å². The number of rotatable bonds is 5. The summed E-state index contributed by atoms with van der Waals surface area (Å²) in [5.74, 6) is -5.35. The lowest BCUT2D eigenvalue weighted by atomic mass is 9.42. The van der Waals surface area contributed by atoms with E-state index in [9.17, 15) is 34.8 Å². The lowest BCUT2D eigenvalue weighted by Gasteiger charge is -2.64. The molecule has 13 atom stereocenters. The number of aliphatic hydroxyl groups is 4. The average Bonchev–Trinajstić information content (AvgIpc) is 3.95. The van der Waals surface area contributed by atoms with E-state index < -0.39 is 75.9 Å². The molecule has 0 saturated heterocycles. The van der Waals surface area contributed by atoms with Crippen molar-refractivity contribution in [1.29, 1.82) is 0 Å². The predicted octanol–water partition coefficient (Wildman–Crippen LogP) is 1.78. The van der Waals surface area contributed by atoms with Crippen LogP contribution in [-0.4, -0.2) is 87.4 Å². The van der Waals surface area contributed by atoms with Gasteiger partial charge in [-0.05, 0) is 86.7 Å². The van der Waals surface area contributed by atoms with Gasteiger partial charge in [0, 0.05) is 46.7 Å². The highest BCUT2D eigenvalue weighted by Crippen LogP contribution is 2.85. The number of carbonyl (C=O) groups is 3. The van der Waals surface area contributed by atoms with E-state index in [2.05, 4.69) is 6.92 Å². The fourth-order valence-corrected chi connectivity index (χ4v) is 12.7. The average molecular weight is 651 g/mol. The number of allylic oxidation sites excluding steroid dienone is 1. The largest absolute Gasteiger partial charge is 0.459 e. The van der Waals surface area contributed by atoms with Gasteiger partial charge in [-0.2, -0.15) is 0 Å². The molecule has 4 N–H and O–H groups in total. The summed E-state index contributed by atoms with van der Waals surface area (Å²) in [6.45, 7) is 8.16. The van der Waals surface area contributed by atoms with E-state index in [4.69, 9.17) is 18.9 Å². The maximum atomic E-state index is 13.9. The first-order valence-corrected chi connectivity index (χ1v) is 16.8. The van der Waals surface area contributed by atoms with Gasteiger partial charge in [0.25, 0.3) is 5.79 Å². The van der Waals surface area contributed by atoms with Crippen molar-refractivity contribution in [3.05, 3.63) is 45.1 Å². The minimum atomic E-state index is -1.89.